The van der Waals surface area contributed by atoms with Gasteiger partial charge in [-0.05, 0) is 0 Å². The second-order valence-corrected chi connectivity index (χ2v) is 8.70. The Hall–Kier alpha value is -1.42. The second kappa shape index (κ2) is 10.7. The maximum absolute atomic E-state index is 10.9. The normalized spacial score (nSPS) is 19.3. The number of hydrogen-bond donors (Lipinski definition) is 1. The molecule has 1 aliphatic heterocycles. The van der Waals surface area contributed by atoms with Gasteiger partial charge in [-0.25, -0.2) is 0 Å². The summed E-state index contributed by atoms with van der Waals surface area (Å²) in [4.78, 5) is 0. The van der Waals surface area contributed by atoms with Crippen molar-refractivity contribution in [3.63, 3.8) is 0 Å². The van der Waals surface area contributed by atoms with E-state index in [4.69, 9.17) is 9.47 Å². The summed E-state index contributed by atoms with van der Waals surface area (Å²) >= 11 is 0.0812. The average molecular weight is 417 g/mol. The molecule has 4 heteroatoms. The van der Waals surface area contributed by atoms with Gasteiger partial charge in [-0.3, -0.25) is 0 Å². The Balaban J connectivity index is 1.63. The van der Waals surface area contributed by atoms with Gasteiger partial charge in [0.25, 0.3) is 0 Å². The number of aliphatic hydroxyl groups is 1. The number of hydrogen-bond acceptors (Lipinski definition) is 3. The zero-order valence-electron chi connectivity index (χ0n) is 14.9. The quantitative estimate of drug-likeness (QED) is 0.527. The van der Waals surface area contributed by atoms with Gasteiger partial charge in [0.2, 0.25) is 0 Å². The fourth-order valence-electron chi connectivity index (χ4n) is 2.88. The van der Waals surface area contributed by atoms with Gasteiger partial charge >= 0.3 is 162 Å². The van der Waals surface area contributed by atoms with Crippen LogP contribution in [0, 0.1) is 0 Å². The predicted octanol–water partition coefficient (Wildman–Crippen LogP) is 3.57. The van der Waals surface area contributed by atoms with Gasteiger partial charge in [0, 0.05) is 0 Å². The van der Waals surface area contributed by atoms with Crippen LogP contribution in [0.25, 0.3) is 0 Å². The Morgan fingerprint density at radius 1 is 1.12 bits per heavy atom. The molecule has 0 aromatic heterocycles. The molecular formula is C22H26O3Se. The molecule has 0 spiro atoms. The standard InChI is InChI=1S/C22H26O3Se/c23-22(18-10-3-1-4-11-18)20(26-19-12-5-2-6-13-19)14-9-17-25-21-15-7-8-16-24-21/h1-6,10-14,21-23H,7-9,15-17H2/b20-14+. The first-order valence-electron chi connectivity index (χ1n) is 9.22. The SMILES string of the molecule is OC(/C(=C\CCOC1CCCCO1)[Se]c1ccccc1)c1ccccc1. The van der Waals surface area contributed by atoms with E-state index in [1.165, 1.54) is 10.9 Å². The number of rotatable bonds is 8. The molecule has 1 N–H and O–H groups in total. The van der Waals surface area contributed by atoms with E-state index >= 15 is 0 Å². The first-order valence-corrected chi connectivity index (χ1v) is 10.9. The summed E-state index contributed by atoms with van der Waals surface area (Å²) in [5.74, 6) is 0. The van der Waals surface area contributed by atoms with Gasteiger partial charge in [-0.15, -0.1) is 0 Å². The third-order valence-corrected chi connectivity index (χ3v) is 6.65. The van der Waals surface area contributed by atoms with Crippen LogP contribution >= 0.6 is 0 Å². The van der Waals surface area contributed by atoms with Gasteiger partial charge in [-0.1, -0.05) is 0 Å². The van der Waals surface area contributed by atoms with E-state index in [0.29, 0.717) is 6.61 Å². The van der Waals surface area contributed by atoms with E-state index in [2.05, 4.69) is 18.2 Å². The van der Waals surface area contributed by atoms with E-state index in [0.717, 1.165) is 35.9 Å². The Morgan fingerprint density at radius 3 is 2.54 bits per heavy atom. The van der Waals surface area contributed by atoms with Crippen molar-refractivity contribution < 1.29 is 14.6 Å². The Labute approximate surface area is 162 Å². The van der Waals surface area contributed by atoms with Gasteiger partial charge in [0.1, 0.15) is 0 Å². The zero-order chi connectivity index (χ0) is 18.0. The third-order valence-electron chi connectivity index (χ3n) is 4.27. The van der Waals surface area contributed by atoms with E-state index in [9.17, 15) is 5.11 Å². The molecule has 0 bridgehead atoms. The Bertz CT molecular complexity index is 666. The summed E-state index contributed by atoms with van der Waals surface area (Å²) in [6.07, 6.45) is 5.60. The monoisotopic (exact) mass is 418 g/mol. The minimum absolute atomic E-state index is 0.0562. The van der Waals surface area contributed by atoms with Gasteiger partial charge in [0.05, 0.1) is 0 Å². The van der Waals surface area contributed by atoms with E-state index in [-0.39, 0.29) is 21.2 Å². The van der Waals surface area contributed by atoms with Crippen LogP contribution < -0.4 is 4.46 Å². The molecule has 1 saturated heterocycles. The van der Waals surface area contributed by atoms with Crippen molar-refractivity contribution in [1.82, 2.24) is 0 Å². The van der Waals surface area contributed by atoms with Crippen molar-refractivity contribution in [2.45, 2.75) is 38.1 Å². The van der Waals surface area contributed by atoms with Gasteiger partial charge < -0.3 is 0 Å². The summed E-state index contributed by atoms with van der Waals surface area (Å²) in [5.41, 5.74) is 0.938. The van der Waals surface area contributed by atoms with Crippen LogP contribution in [-0.4, -0.2) is 39.6 Å². The summed E-state index contributed by atoms with van der Waals surface area (Å²) in [7, 11) is 0. The molecule has 0 radical (unpaired) electrons. The number of benzene rings is 2. The van der Waals surface area contributed by atoms with Crippen LogP contribution in [0.5, 0.6) is 0 Å². The van der Waals surface area contributed by atoms with Crippen molar-refractivity contribution in [1.29, 1.82) is 0 Å². The molecule has 2 unspecified atom stereocenters. The summed E-state index contributed by atoms with van der Waals surface area (Å²) in [6.45, 7) is 1.43. The molecule has 2 atom stereocenters. The predicted molar refractivity (Wildman–Crippen MR) is 105 cm³/mol. The molecule has 2 aromatic carbocycles. The number of aliphatic hydroxyl groups excluding tert-OH is 1. The molecule has 138 valence electrons. The fourth-order valence-corrected chi connectivity index (χ4v) is 5.00. The van der Waals surface area contributed by atoms with E-state index in [1.54, 1.807) is 0 Å². The van der Waals surface area contributed by atoms with Crippen LogP contribution in [0.15, 0.2) is 71.2 Å². The van der Waals surface area contributed by atoms with Crippen molar-refractivity contribution >= 4 is 19.4 Å². The topological polar surface area (TPSA) is 38.7 Å². The molecule has 1 aliphatic rings. The molecule has 26 heavy (non-hydrogen) atoms. The minimum atomic E-state index is -0.567. The average Bonchev–Trinajstić information content (AvgIpc) is 2.72. The molecular weight excluding hydrogens is 391 g/mol. The fraction of sp³-hybridized carbons (Fsp3) is 0.364. The van der Waals surface area contributed by atoms with Gasteiger partial charge in [-0.2, -0.15) is 0 Å². The molecule has 0 amide bonds. The van der Waals surface area contributed by atoms with Crippen LogP contribution in [0.3, 0.4) is 0 Å². The van der Waals surface area contributed by atoms with E-state index < -0.39 is 6.10 Å². The molecule has 1 heterocycles. The van der Waals surface area contributed by atoms with Crippen LogP contribution in [0.2, 0.25) is 0 Å². The summed E-state index contributed by atoms with van der Waals surface area (Å²) in [5, 5.41) is 10.9. The maximum atomic E-state index is 10.9. The first-order chi connectivity index (χ1) is 12.8. The summed E-state index contributed by atoms with van der Waals surface area (Å²) < 4.78 is 13.8. The molecule has 0 saturated carbocycles. The second-order valence-electron chi connectivity index (χ2n) is 6.29. The van der Waals surface area contributed by atoms with E-state index in [1.807, 2.05) is 48.5 Å². The molecule has 2 aromatic rings. The molecule has 1 fully saturated rings. The van der Waals surface area contributed by atoms with Crippen molar-refractivity contribution in [3.8, 4) is 0 Å². The van der Waals surface area contributed by atoms with Gasteiger partial charge in [0.15, 0.2) is 0 Å². The first kappa shape index (κ1) is 19.3. The van der Waals surface area contributed by atoms with Crippen LogP contribution in [0.1, 0.15) is 37.4 Å². The number of ether oxygens (including phenoxy) is 2. The third kappa shape index (κ3) is 6.08. The Morgan fingerprint density at radius 2 is 1.85 bits per heavy atom. The molecule has 3 rings (SSSR count). The van der Waals surface area contributed by atoms with Crippen molar-refractivity contribution in [2.24, 2.45) is 0 Å². The van der Waals surface area contributed by atoms with Crippen LogP contribution in [-0.2, 0) is 9.47 Å². The Kier molecular flexibility index (Phi) is 7.93. The molecule has 3 nitrogen and oxygen atoms in total. The summed E-state index contributed by atoms with van der Waals surface area (Å²) in [6, 6.07) is 20.2. The van der Waals surface area contributed by atoms with Crippen molar-refractivity contribution in [3.05, 3.63) is 76.8 Å². The van der Waals surface area contributed by atoms with Crippen LogP contribution in [0.4, 0.5) is 0 Å². The van der Waals surface area contributed by atoms with Crippen molar-refractivity contribution in [2.75, 3.05) is 13.2 Å². The molecule has 0 aliphatic carbocycles. The zero-order valence-corrected chi connectivity index (χ0v) is 16.6.